The van der Waals surface area contributed by atoms with Gasteiger partial charge < -0.3 is 9.64 Å². The van der Waals surface area contributed by atoms with E-state index in [-0.39, 0.29) is 5.91 Å². The number of hydrogen-bond acceptors (Lipinski definition) is 3. The molecule has 0 bridgehead atoms. The van der Waals surface area contributed by atoms with Crippen LogP contribution in [0.3, 0.4) is 0 Å². The van der Waals surface area contributed by atoms with Crippen LogP contribution in [0.15, 0.2) is 12.1 Å². The molecule has 0 spiro atoms. The zero-order valence-electron chi connectivity index (χ0n) is 11.5. The van der Waals surface area contributed by atoms with Crippen LogP contribution in [-0.2, 0) is 11.3 Å². The van der Waals surface area contributed by atoms with Gasteiger partial charge in [0.1, 0.15) is 5.75 Å². The molecule has 0 fully saturated rings. The molecule has 0 aromatic heterocycles. The average Bonchev–Trinajstić information content (AvgIpc) is 2.33. The molecule has 100 valence electrons. The highest BCUT2D eigenvalue weighted by Gasteiger charge is 2.11. The van der Waals surface area contributed by atoms with Gasteiger partial charge >= 0.3 is 0 Å². The Morgan fingerprint density at radius 1 is 1.33 bits per heavy atom. The molecular formula is C14H21NO2S. The van der Waals surface area contributed by atoms with Crippen molar-refractivity contribution in [1.29, 1.82) is 0 Å². The maximum atomic E-state index is 11.7. The lowest BCUT2D eigenvalue weighted by atomic mass is 10.0. The van der Waals surface area contributed by atoms with E-state index in [1.54, 1.807) is 12.0 Å². The van der Waals surface area contributed by atoms with Crippen LogP contribution in [0.25, 0.3) is 0 Å². The number of methoxy groups -OCH3 is 1. The molecule has 3 nitrogen and oxygen atoms in total. The van der Waals surface area contributed by atoms with Crippen molar-refractivity contribution in [3.8, 4) is 5.75 Å². The van der Waals surface area contributed by atoms with Crippen LogP contribution < -0.4 is 4.74 Å². The molecule has 0 unspecified atom stereocenters. The van der Waals surface area contributed by atoms with E-state index < -0.39 is 0 Å². The Balaban J connectivity index is 2.85. The van der Waals surface area contributed by atoms with Crippen molar-refractivity contribution in [2.24, 2.45) is 0 Å². The van der Waals surface area contributed by atoms with E-state index in [1.165, 1.54) is 0 Å². The first kappa shape index (κ1) is 14.9. The number of aryl methyl sites for hydroxylation is 2. The van der Waals surface area contributed by atoms with Crippen LogP contribution in [0.2, 0.25) is 0 Å². The fourth-order valence-corrected chi connectivity index (χ4v) is 2.06. The molecule has 1 rings (SSSR count). The first-order valence-electron chi connectivity index (χ1n) is 5.98. The van der Waals surface area contributed by atoms with Gasteiger partial charge in [0.25, 0.3) is 0 Å². The third-order valence-electron chi connectivity index (χ3n) is 3.01. The van der Waals surface area contributed by atoms with Gasteiger partial charge in [-0.15, -0.1) is 0 Å². The van der Waals surface area contributed by atoms with Gasteiger partial charge in [0, 0.05) is 20.0 Å². The number of benzene rings is 1. The standard InChI is InChI=1S/C14H21NO2S/c1-10-8-13(17-4)11(2)7-12(10)9-15(3)14(16)5-6-18/h7-8,18H,5-6,9H2,1-4H3. The Kier molecular flexibility index (Phi) is 5.54. The second kappa shape index (κ2) is 6.69. The Hall–Kier alpha value is -1.16. The number of carbonyl (C=O) groups is 1. The minimum atomic E-state index is 0.123. The van der Waals surface area contributed by atoms with Gasteiger partial charge in [-0.05, 0) is 42.4 Å². The van der Waals surface area contributed by atoms with Crippen LogP contribution in [-0.4, -0.2) is 30.7 Å². The molecule has 0 N–H and O–H groups in total. The lowest BCUT2D eigenvalue weighted by Crippen LogP contribution is -2.26. The minimum Gasteiger partial charge on any atom is -0.496 e. The molecule has 1 amide bonds. The van der Waals surface area contributed by atoms with Gasteiger partial charge in [0.15, 0.2) is 0 Å². The van der Waals surface area contributed by atoms with Crippen molar-refractivity contribution >= 4 is 18.5 Å². The van der Waals surface area contributed by atoms with Gasteiger partial charge in [-0.1, -0.05) is 6.07 Å². The van der Waals surface area contributed by atoms with Crippen LogP contribution >= 0.6 is 12.6 Å². The van der Waals surface area contributed by atoms with E-state index in [2.05, 4.69) is 18.7 Å². The highest BCUT2D eigenvalue weighted by Crippen LogP contribution is 2.23. The molecule has 4 heteroatoms. The van der Waals surface area contributed by atoms with E-state index in [4.69, 9.17) is 4.74 Å². The molecule has 0 saturated carbocycles. The molecule has 0 aliphatic carbocycles. The summed E-state index contributed by atoms with van der Waals surface area (Å²) in [5, 5.41) is 0. The molecule has 1 aromatic rings. The molecule has 0 saturated heterocycles. The van der Waals surface area contributed by atoms with Crippen molar-refractivity contribution in [1.82, 2.24) is 4.90 Å². The summed E-state index contributed by atoms with van der Waals surface area (Å²) in [5.74, 6) is 1.60. The third kappa shape index (κ3) is 3.67. The summed E-state index contributed by atoms with van der Waals surface area (Å²) in [4.78, 5) is 13.5. The molecule has 0 radical (unpaired) electrons. The summed E-state index contributed by atoms with van der Waals surface area (Å²) < 4.78 is 5.28. The first-order valence-corrected chi connectivity index (χ1v) is 6.61. The summed E-state index contributed by atoms with van der Waals surface area (Å²) in [6, 6.07) is 4.10. The summed E-state index contributed by atoms with van der Waals surface area (Å²) in [6.07, 6.45) is 0.480. The molecule has 0 aliphatic rings. The van der Waals surface area contributed by atoms with Crippen LogP contribution in [0.4, 0.5) is 0 Å². The number of carbonyl (C=O) groups excluding carboxylic acids is 1. The molecule has 18 heavy (non-hydrogen) atoms. The van der Waals surface area contributed by atoms with Crippen molar-refractivity contribution in [3.05, 3.63) is 28.8 Å². The van der Waals surface area contributed by atoms with E-state index in [0.717, 1.165) is 22.4 Å². The predicted octanol–water partition coefficient (Wildman–Crippen LogP) is 2.59. The Morgan fingerprint density at radius 2 is 2.00 bits per heavy atom. The van der Waals surface area contributed by atoms with Crippen molar-refractivity contribution in [2.75, 3.05) is 19.9 Å². The monoisotopic (exact) mass is 267 g/mol. The van der Waals surface area contributed by atoms with E-state index in [9.17, 15) is 4.79 Å². The van der Waals surface area contributed by atoms with Gasteiger partial charge in [-0.3, -0.25) is 4.79 Å². The van der Waals surface area contributed by atoms with Crippen LogP contribution in [0, 0.1) is 13.8 Å². The molecule has 0 atom stereocenters. The second-order valence-electron chi connectivity index (χ2n) is 4.47. The van der Waals surface area contributed by atoms with Crippen LogP contribution in [0.1, 0.15) is 23.1 Å². The normalized spacial score (nSPS) is 10.3. The van der Waals surface area contributed by atoms with Gasteiger partial charge in [0.2, 0.25) is 5.91 Å². The number of hydrogen-bond donors (Lipinski definition) is 1. The maximum absolute atomic E-state index is 11.7. The van der Waals surface area contributed by atoms with Crippen molar-refractivity contribution < 1.29 is 9.53 Å². The second-order valence-corrected chi connectivity index (χ2v) is 4.92. The quantitative estimate of drug-likeness (QED) is 0.831. The lowest BCUT2D eigenvalue weighted by molar-refractivity contribution is -0.129. The van der Waals surface area contributed by atoms with E-state index in [0.29, 0.717) is 18.7 Å². The summed E-state index contributed by atoms with van der Waals surface area (Å²) in [7, 11) is 3.49. The summed E-state index contributed by atoms with van der Waals surface area (Å²) >= 11 is 4.08. The van der Waals surface area contributed by atoms with Gasteiger partial charge in [-0.25, -0.2) is 0 Å². The average molecular weight is 267 g/mol. The fourth-order valence-electron chi connectivity index (χ4n) is 1.87. The first-order chi connectivity index (χ1) is 8.49. The van der Waals surface area contributed by atoms with E-state index >= 15 is 0 Å². The highest BCUT2D eigenvalue weighted by molar-refractivity contribution is 7.80. The lowest BCUT2D eigenvalue weighted by Gasteiger charge is -2.19. The fraction of sp³-hybridized carbons (Fsp3) is 0.500. The van der Waals surface area contributed by atoms with Crippen molar-refractivity contribution in [3.63, 3.8) is 0 Å². The predicted molar refractivity (Wildman–Crippen MR) is 77.4 cm³/mol. The number of thiol groups is 1. The Bertz CT molecular complexity index is 432. The number of ether oxygens (including phenoxy) is 1. The minimum absolute atomic E-state index is 0.123. The van der Waals surface area contributed by atoms with Gasteiger partial charge in [-0.2, -0.15) is 12.6 Å². The SMILES string of the molecule is COc1cc(C)c(CN(C)C(=O)CCS)cc1C. The van der Waals surface area contributed by atoms with E-state index in [1.807, 2.05) is 27.0 Å². The Labute approximate surface area is 115 Å². The largest absolute Gasteiger partial charge is 0.496 e. The third-order valence-corrected chi connectivity index (χ3v) is 3.24. The molecule has 0 heterocycles. The number of nitrogens with zero attached hydrogens (tertiary/aromatic N) is 1. The topological polar surface area (TPSA) is 29.5 Å². The summed E-state index contributed by atoms with van der Waals surface area (Å²) in [5.41, 5.74) is 3.39. The number of amides is 1. The summed E-state index contributed by atoms with van der Waals surface area (Å²) in [6.45, 7) is 4.68. The van der Waals surface area contributed by atoms with Crippen LogP contribution in [0.5, 0.6) is 5.75 Å². The number of rotatable bonds is 5. The van der Waals surface area contributed by atoms with Crippen molar-refractivity contribution in [2.45, 2.75) is 26.8 Å². The van der Waals surface area contributed by atoms with Gasteiger partial charge in [0.05, 0.1) is 7.11 Å². The zero-order valence-corrected chi connectivity index (χ0v) is 12.4. The molecular weight excluding hydrogens is 246 g/mol. The highest BCUT2D eigenvalue weighted by atomic mass is 32.1. The molecule has 1 aromatic carbocycles. The molecule has 0 aliphatic heterocycles. The zero-order chi connectivity index (χ0) is 13.7. The smallest absolute Gasteiger partial charge is 0.223 e. The maximum Gasteiger partial charge on any atom is 0.223 e. The Morgan fingerprint density at radius 3 is 2.56 bits per heavy atom.